The summed E-state index contributed by atoms with van der Waals surface area (Å²) in [5, 5.41) is 9.25. The Balaban J connectivity index is 1.37. The standard InChI is InChI=1S/C25H24BrN7O3S/c1-16-14-17(2)28-25(27-16)37-15-20-22(29-30-33(20)19-7-5-18(26)6-8-19)24(35)32-11-9-31(10-12-32)23(34)21-4-3-13-36-21/h3-8,13-14H,9-12,15H2,1-2H3. The molecule has 0 bridgehead atoms. The third kappa shape index (κ3) is 5.59. The average Bonchev–Trinajstić information content (AvgIpc) is 3.57. The topological polar surface area (TPSA) is 110 Å². The van der Waals surface area contributed by atoms with Crippen LogP contribution in [0.2, 0.25) is 0 Å². The van der Waals surface area contributed by atoms with Crippen LogP contribution in [0.3, 0.4) is 0 Å². The molecule has 3 aromatic heterocycles. The van der Waals surface area contributed by atoms with Gasteiger partial charge in [-0.3, -0.25) is 9.59 Å². The van der Waals surface area contributed by atoms with E-state index in [1.54, 1.807) is 26.6 Å². The first-order valence-electron chi connectivity index (χ1n) is 11.7. The van der Waals surface area contributed by atoms with Gasteiger partial charge in [-0.1, -0.05) is 32.9 Å². The van der Waals surface area contributed by atoms with Gasteiger partial charge in [0.25, 0.3) is 11.8 Å². The molecule has 190 valence electrons. The number of piperazine rings is 1. The lowest BCUT2D eigenvalue weighted by Gasteiger charge is -2.34. The first-order chi connectivity index (χ1) is 17.9. The number of carbonyl (C=O) groups is 2. The van der Waals surface area contributed by atoms with Crippen molar-refractivity contribution in [2.24, 2.45) is 0 Å². The summed E-state index contributed by atoms with van der Waals surface area (Å²) in [5.74, 6) is 0.309. The number of amides is 2. The third-order valence-corrected chi connectivity index (χ3v) is 7.31. The molecule has 1 aromatic carbocycles. The lowest BCUT2D eigenvalue weighted by molar-refractivity contribution is 0.0514. The SMILES string of the molecule is Cc1cc(C)nc(SCc2c(C(=O)N3CCN(C(=O)c4ccco4)CC3)nnn2-c2ccc(Br)cc2)n1. The lowest BCUT2D eigenvalue weighted by atomic mass is 10.2. The van der Waals surface area contributed by atoms with Crippen LogP contribution in [0.4, 0.5) is 0 Å². The van der Waals surface area contributed by atoms with Crippen LogP contribution in [0.1, 0.15) is 38.1 Å². The van der Waals surface area contributed by atoms with Gasteiger partial charge < -0.3 is 14.2 Å². The second kappa shape index (κ2) is 10.9. The maximum Gasteiger partial charge on any atom is 0.289 e. The van der Waals surface area contributed by atoms with Gasteiger partial charge in [0.1, 0.15) is 0 Å². The van der Waals surface area contributed by atoms with Crippen molar-refractivity contribution in [1.82, 2.24) is 34.8 Å². The molecule has 0 radical (unpaired) electrons. The maximum atomic E-state index is 13.6. The van der Waals surface area contributed by atoms with E-state index in [1.807, 2.05) is 44.2 Å². The number of benzene rings is 1. The predicted octanol–water partition coefficient (Wildman–Crippen LogP) is 3.92. The largest absolute Gasteiger partial charge is 0.459 e. The Morgan fingerprint density at radius 2 is 1.62 bits per heavy atom. The van der Waals surface area contributed by atoms with Crippen LogP contribution in [0, 0.1) is 13.8 Å². The van der Waals surface area contributed by atoms with Gasteiger partial charge in [-0.2, -0.15) is 0 Å². The normalized spacial score (nSPS) is 13.7. The molecule has 1 aliphatic heterocycles. The highest BCUT2D eigenvalue weighted by Gasteiger charge is 2.30. The Kier molecular flexibility index (Phi) is 7.38. The van der Waals surface area contributed by atoms with Crippen molar-refractivity contribution in [3.63, 3.8) is 0 Å². The van der Waals surface area contributed by atoms with Crippen molar-refractivity contribution in [2.45, 2.75) is 24.8 Å². The Bertz CT molecular complexity index is 1390. The maximum absolute atomic E-state index is 13.6. The molecule has 0 unspecified atom stereocenters. The average molecular weight is 582 g/mol. The first kappa shape index (κ1) is 25.2. The van der Waals surface area contributed by atoms with E-state index >= 15 is 0 Å². The minimum atomic E-state index is -0.217. The number of aryl methyl sites for hydroxylation is 2. The third-order valence-electron chi connectivity index (χ3n) is 5.92. The van der Waals surface area contributed by atoms with Gasteiger partial charge in [0, 0.05) is 47.8 Å². The van der Waals surface area contributed by atoms with Crippen molar-refractivity contribution in [3.05, 3.63) is 81.7 Å². The van der Waals surface area contributed by atoms with Gasteiger partial charge in [-0.25, -0.2) is 14.6 Å². The number of aromatic nitrogens is 5. The van der Waals surface area contributed by atoms with E-state index in [-0.39, 0.29) is 17.5 Å². The molecular weight excluding hydrogens is 558 g/mol. The zero-order valence-electron chi connectivity index (χ0n) is 20.3. The highest BCUT2D eigenvalue weighted by atomic mass is 79.9. The van der Waals surface area contributed by atoms with Gasteiger partial charge in [0.15, 0.2) is 16.6 Å². The molecule has 0 atom stereocenters. The van der Waals surface area contributed by atoms with Crippen molar-refractivity contribution < 1.29 is 14.0 Å². The van der Waals surface area contributed by atoms with Gasteiger partial charge in [0.05, 0.1) is 17.6 Å². The molecule has 12 heteroatoms. The second-order valence-corrected chi connectivity index (χ2v) is 10.4. The highest BCUT2D eigenvalue weighted by molar-refractivity contribution is 9.10. The number of halogens is 1. The van der Waals surface area contributed by atoms with E-state index in [0.29, 0.717) is 48.5 Å². The summed E-state index contributed by atoms with van der Waals surface area (Å²) in [4.78, 5) is 38.6. The van der Waals surface area contributed by atoms with Crippen molar-refractivity contribution in [1.29, 1.82) is 0 Å². The molecule has 5 rings (SSSR count). The van der Waals surface area contributed by atoms with E-state index in [1.165, 1.54) is 18.0 Å². The fourth-order valence-electron chi connectivity index (χ4n) is 4.10. The Labute approximate surface area is 226 Å². The van der Waals surface area contributed by atoms with E-state index in [0.717, 1.165) is 21.5 Å². The summed E-state index contributed by atoms with van der Waals surface area (Å²) in [6.45, 7) is 5.46. The molecule has 4 aromatic rings. The Morgan fingerprint density at radius 1 is 0.973 bits per heavy atom. The molecular formula is C25H24BrN7O3S. The van der Waals surface area contributed by atoms with Gasteiger partial charge in [0.2, 0.25) is 0 Å². The molecule has 0 saturated carbocycles. The Hall–Kier alpha value is -3.51. The van der Waals surface area contributed by atoms with Crippen LogP contribution in [-0.2, 0) is 5.75 Å². The number of hydrogen-bond acceptors (Lipinski definition) is 8. The van der Waals surface area contributed by atoms with Crippen molar-refractivity contribution in [3.8, 4) is 5.69 Å². The molecule has 1 saturated heterocycles. The molecule has 1 aliphatic rings. The summed E-state index contributed by atoms with van der Waals surface area (Å²) in [6.07, 6.45) is 1.48. The fourth-order valence-corrected chi connectivity index (χ4v) is 5.30. The molecule has 0 spiro atoms. The van der Waals surface area contributed by atoms with Crippen LogP contribution in [0.15, 0.2) is 62.8 Å². The van der Waals surface area contributed by atoms with Crippen LogP contribution in [0.5, 0.6) is 0 Å². The Morgan fingerprint density at radius 3 is 2.24 bits per heavy atom. The van der Waals surface area contributed by atoms with Crippen molar-refractivity contribution in [2.75, 3.05) is 26.2 Å². The highest BCUT2D eigenvalue weighted by Crippen LogP contribution is 2.25. The van der Waals surface area contributed by atoms with Crippen molar-refractivity contribution >= 4 is 39.5 Å². The van der Waals surface area contributed by atoms with Gasteiger partial charge in [-0.05, 0) is 56.3 Å². The quantitative estimate of drug-likeness (QED) is 0.249. The molecule has 1 fully saturated rings. The molecule has 37 heavy (non-hydrogen) atoms. The molecule has 0 N–H and O–H groups in total. The van der Waals surface area contributed by atoms with E-state index in [2.05, 4.69) is 36.2 Å². The summed E-state index contributed by atoms with van der Waals surface area (Å²) in [5.41, 5.74) is 3.50. The monoisotopic (exact) mass is 581 g/mol. The second-order valence-electron chi connectivity index (χ2n) is 8.56. The molecule has 2 amide bonds. The van der Waals surface area contributed by atoms with Crippen LogP contribution < -0.4 is 0 Å². The fraction of sp³-hybridized carbons (Fsp3) is 0.280. The molecule has 4 heterocycles. The number of rotatable bonds is 6. The summed E-state index contributed by atoms with van der Waals surface area (Å²) in [6, 6.07) is 12.9. The van der Waals surface area contributed by atoms with E-state index in [9.17, 15) is 9.59 Å². The van der Waals surface area contributed by atoms with E-state index in [4.69, 9.17) is 4.42 Å². The number of hydrogen-bond donors (Lipinski definition) is 0. The van der Waals surface area contributed by atoms with Crippen LogP contribution in [-0.4, -0.2) is 72.8 Å². The smallest absolute Gasteiger partial charge is 0.289 e. The summed E-state index contributed by atoms with van der Waals surface area (Å²) < 4.78 is 7.86. The minimum Gasteiger partial charge on any atom is -0.459 e. The number of thioether (sulfide) groups is 1. The first-order valence-corrected chi connectivity index (χ1v) is 13.4. The zero-order chi connectivity index (χ0) is 25.9. The minimum absolute atomic E-state index is 0.177. The van der Waals surface area contributed by atoms with E-state index < -0.39 is 0 Å². The zero-order valence-corrected chi connectivity index (χ0v) is 22.7. The molecule has 0 aliphatic carbocycles. The van der Waals surface area contributed by atoms with Crippen LogP contribution in [0.25, 0.3) is 5.69 Å². The summed E-state index contributed by atoms with van der Waals surface area (Å²) >= 11 is 4.89. The van der Waals surface area contributed by atoms with Crippen LogP contribution >= 0.6 is 27.7 Å². The number of furan rings is 1. The number of carbonyl (C=O) groups excluding carboxylic acids is 2. The lowest BCUT2D eigenvalue weighted by Crippen LogP contribution is -2.50. The van der Waals surface area contributed by atoms with Gasteiger partial charge >= 0.3 is 0 Å². The van der Waals surface area contributed by atoms with Gasteiger partial charge in [-0.15, -0.1) is 5.10 Å². The summed E-state index contributed by atoms with van der Waals surface area (Å²) in [7, 11) is 0. The predicted molar refractivity (Wildman–Crippen MR) is 141 cm³/mol. The number of nitrogens with zero attached hydrogens (tertiary/aromatic N) is 7. The molecule has 10 nitrogen and oxygen atoms in total.